The zero-order valence-electron chi connectivity index (χ0n) is 27.6. The molecule has 1 spiro atoms. The minimum atomic E-state index is -4.52. The van der Waals surface area contributed by atoms with Gasteiger partial charge in [0.1, 0.15) is 4.75 Å². The molecule has 6 rings (SSSR count). The molecule has 1 saturated carbocycles. The van der Waals surface area contributed by atoms with E-state index in [9.17, 15) is 31.5 Å². The number of carbonyl (C=O) groups is 1. The molecule has 4 aromatic rings. The number of nitrogens with one attached hydrogen (secondary N) is 2. The molecule has 1 amide bonds. The first-order chi connectivity index (χ1) is 23.3. The highest BCUT2D eigenvalue weighted by molar-refractivity contribution is 7.94. The van der Waals surface area contributed by atoms with Gasteiger partial charge in [-0.1, -0.05) is 49.4 Å². The van der Waals surface area contributed by atoms with Crippen molar-refractivity contribution in [2.45, 2.75) is 68.3 Å². The molecule has 3 aromatic carbocycles. The van der Waals surface area contributed by atoms with E-state index in [1.54, 1.807) is 18.2 Å². The van der Waals surface area contributed by atoms with Crippen LogP contribution in [0.5, 0.6) is 0 Å². The lowest BCUT2D eigenvalue weighted by molar-refractivity contribution is -0.137. The number of ether oxygens (including phenoxy) is 1. The lowest BCUT2D eigenvalue weighted by Crippen LogP contribution is -2.49. The van der Waals surface area contributed by atoms with E-state index in [4.69, 9.17) is 4.74 Å². The lowest BCUT2D eigenvalue weighted by atomic mass is 9.99. The number of hydrogen-bond donors (Lipinski definition) is 3. The maximum atomic E-state index is 14.0. The van der Waals surface area contributed by atoms with E-state index in [-0.39, 0.29) is 25.1 Å². The van der Waals surface area contributed by atoms with Crippen LogP contribution in [0, 0.1) is 0 Å². The van der Waals surface area contributed by atoms with Gasteiger partial charge in [-0.05, 0) is 66.6 Å². The molecule has 49 heavy (non-hydrogen) atoms. The number of amides is 1. The Morgan fingerprint density at radius 3 is 2.47 bits per heavy atom. The Balaban J connectivity index is 1.29. The van der Waals surface area contributed by atoms with Gasteiger partial charge in [0, 0.05) is 44.4 Å². The fraction of sp³-hybridized carbons (Fsp3) is 0.417. The molecule has 1 aliphatic carbocycles. The van der Waals surface area contributed by atoms with Crippen molar-refractivity contribution < 1.29 is 36.2 Å². The zero-order chi connectivity index (χ0) is 35.1. The van der Waals surface area contributed by atoms with Crippen LogP contribution >= 0.6 is 0 Å². The summed E-state index contributed by atoms with van der Waals surface area (Å²) in [6.45, 7) is 2.35. The van der Waals surface area contributed by atoms with Gasteiger partial charge in [0.2, 0.25) is 10.0 Å². The number of rotatable bonds is 12. The van der Waals surface area contributed by atoms with E-state index < -0.39 is 50.6 Å². The number of aliphatic hydroxyl groups excluding tert-OH is 1. The minimum Gasteiger partial charge on any atom is -0.390 e. The minimum absolute atomic E-state index is 0.0453. The molecule has 13 heteroatoms. The van der Waals surface area contributed by atoms with Crippen molar-refractivity contribution in [1.82, 2.24) is 15.2 Å². The smallest absolute Gasteiger partial charge is 0.390 e. The number of nitrogens with zero attached hydrogens (tertiary/aromatic N) is 2. The second-order valence-electron chi connectivity index (χ2n) is 13.1. The molecule has 0 saturated heterocycles. The van der Waals surface area contributed by atoms with Gasteiger partial charge in [0.05, 0.1) is 41.6 Å². The van der Waals surface area contributed by atoms with Crippen molar-refractivity contribution >= 4 is 32.5 Å². The lowest BCUT2D eigenvalue weighted by Gasteiger charge is -2.28. The zero-order valence-corrected chi connectivity index (χ0v) is 28.4. The van der Waals surface area contributed by atoms with Gasteiger partial charge in [0.15, 0.2) is 0 Å². The maximum Gasteiger partial charge on any atom is 0.416 e. The van der Waals surface area contributed by atoms with Crippen LogP contribution in [0.1, 0.15) is 58.4 Å². The van der Waals surface area contributed by atoms with Crippen LogP contribution in [0.15, 0.2) is 72.9 Å². The van der Waals surface area contributed by atoms with Gasteiger partial charge >= 0.3 is 6.18 Å². The van der Waals surface area contributed by atoms with Gasteiger partial charge in [-0.25, -0.2) is 8.42 Å². The highest BCUT2D eigenvalue weighted by Crippen LogP contribution is 2.51. The average molecular weight is 699 g/mol. The SMILES string of the molecule is CCc1cn2c3c(cc(C(=O)N[C@@H](Cc4ccccc4)[C@H](O)CNC(COC)c4cccc(C(F)(F)F)c4)cc13)N(C)S(=O)(=O)C1(CC1)C2. The number of sulfonamides is 1. The maximum absolute atomic E-state index is 14.0. The van der Waals surface area contributed by atoms with Crippen LogP contribution in [0.2, 0.25) is 0 Å². The summed E-state index contributed by atoms with van der Waals surface area (Å²) in [5.74, 6) is -0.490. The number of aliphatic hydroxyl groups is 1. The third-order valence-corrected chi connectivity index (χ3v) is 12.3. The number of anilines is 1. The molecule has 1 aromatic heterocycles. The van der Waals surface area contributed by atoms with Crippen LogP contribution in [0.3, 0.4) is 0 Å². The molecule has 3 atom stereocenters. The summed E-state index contributed by atoms with van der Waals surface area (Å²) in [4.78, 5) is 14.0. The normalized spacial score (nSPS) is 18.2. The second-order valence-corrected chi connectivity index (χ2v) is 15.4. The summed E-state index contributed by atoms with van der Waals surface area (Å²) in [5, 5.41) is 18.4. The summed E-state index contributed by atoms with van der Waals surface area (Å²) in [6, 6.07) is 16.1. The topological polar surface area (TPSA) is 113 Å². The molecule has 9 nitrogen and oxygen atoms in total. The van der Waals surface area contributed by atoms with Gasteiger partial charge < -0.3 is 25.0 Å². The predicted octanol–water partition coefficient (Wildman–Crippen LogP) is 5.21. The highest BCUT2D eigenvalue weighted by atomic mass is 32.2. The Morgan fingerprint density at radius 1 is 1.08 bits per heavy atom. The van der Waals surface area contributed by atoms with Gasteiger partial charge in [-0.2, -0.15) is 13.2 Å². The third kappa shape index (κ3) is 6.81. The Kier molecular flexibility index (Phi) is 9.57. The number of aryl methyl sites for hydroxylation is 1. The summed E-state index contributed by atoms with van der Waals surface area (Å²) in [6.07, 6.45) is -1.59. The molecule has 2 aliphatic rings. The van der Waals surface area contributed by atoms with Crippen molar-refractivity contribution in [3.8, 4) is 0 Å². The first-order valence-corrected chi connectivity index (χ1v) is 17.8. The largest absolute Gasteiger partial charge is 0.416 e. The molecule has 0 radical (unpaired) electrons. The van der Waals surface area contributed by atoms with E-state index in [0.717, 1.165) is 34.2 Å². The molecule has 1 aliphatic heterocycles. The molecule has 262 valence electrons. The molecular weight excluding hydrogens is 657 g/mol. The fourth-order valence-electron chi connectivity index (χ4n) is 6.81. The average Bonchev–Trinajstić information content (AvgIpc) is 3.81. The number of hydrogen-bond acceptors (Lipinski definition) is 6. The van der Waals surface area contributed by atoms with Crippen molar-refractivity contribution in [2.24, 2.45) is 0 Å². The highest BCUT2D eigenvalue weighted by Gasteiger charge is 2.58. The van der Waals surface area contributed by atoms with Crippen molar-refractivity contribution in [3.05, 3.63) is 101 Å². The number of aromatic nitrogens is 1. The van der Waals surface area contributed by atoms with E-state index in [0.29, 0.717) is 37.1 Å². The number of alkyl halides is 3. The third-order valence-electron chi connectivity index (χ3n) is 9.79. The summed E-state index contributed by atoms with van der Waals surface area (Å²) in [5.41, 5.74) is 2.86. The standard InChI is InChI=1S/C36H41F3N4O5S/c1-4-24-20-43-22-35(13-14-35)49(46,47)42(2)31-18-26(17-28(24)33(31)43)34(45)41-29(15-23-9-6-5-7-10-23)32(44)19-40-30(21-48-3)25-11-8-12-27(16-25)36(37,38)39/h5-12,16-18,20,29-30,32,40,44H,4,13-15,19,21-22H2,1-3H3,(H,41,45)/t29-,30?,32+/m0/s1. The molecule has 2 heterocycles. The van der Waals surface area contributed by atoms with Crippen LogP contribution in [0.4, 0.5) is 18.9 Å². The molecule has 1 unspecified atom stereocenters. The summed E-state index contributed by atoms with van der Waals surface area (Å²) < 4.78 is 75.4. The Morgan fingerprint density at radius 2 is 1.82 bits per heavy atom. The second kappa shape index (κ2) is 13.4. The number of halogens is 3. The van der Waals surface area contributed by atoms with Crippen molar-refractivity contribution in [1.29, 1.82) is 0 Å². The number of carbonyl (C=O) groups excluding carboxylic acids is 1. The van der Waals surface area contributed by atoms with Gasteiger partial charge in [-0.3, -0.25) is 9.10 Å². The number of benzene rings is 3. The fourth-order valence-corrected chi connectivity index (χ4v) is 8.71. The van der Waals surface area contributed by atoms with E-state index >= 15 is 0 Å². The first kappa shape index (κ1) is 34.9. The quantitative estimate of drug-likeness (QED) is 0.187. The Bertz CT molecular complexity index is 1940. The van der Waals surface area contributed by atoms with Gasteiger partial charge in [-0.15, -0.1) is 0 Å². The molecular formula is C36H41F3N4O5S. The monoisotopic (exact) mass is 698 g/mol. The first-order valence-electron chi connectivity index (χ1n) is 16.3. The molecule has 0 bridgehead atoms. The van der Waals surface area contributed by atoms with E-state index in [1.807, 2.05) is 48.0 Å². The van der Waals surface area contributed by atoms with E-state index in [1.165, 1.54) is 24.5 Å². The van der Waals surface area contributed by atoms with E-state index in [2.05, 4.69) is 10.6 Å². The Labute approximate surface area is 284 Å². The Hall–Kier alpha value is -3.91. The summed E-state index contributed by atoms with van der Waals surface area (Å²) >= 11 is 0. The van der Waals surface area contributed by atoms with Crippen LogP contribution in [0.25, 0.3) is 10.9 Å². The molecule has 1 fully saturated rings. The van der Waals surface area contributed by atoms with Crippen LogP contribution < -0.4 is 14.9 Å². The van der Waals surface area contributed by atoms with Crippen LogP contribution in [-0.2, 0) is 40.3 Å². The van der Waals surface area contributed by atoms with Gasteiger partial charge in [0.25, 0.3) is 5.91 Å². The molecule has 3 N–H and O–H groups in total. The van der Waals surface area contributed by atoms with Crippen molar-refractivity contribution in [2.75, 3.05) is 31.6 Å². The van der Waals surface area contributed by atoms with Crippen molar-refractivity contribution in [3.63, 3.8) is 0 Å². The number of methoxy groups -OCH3 is 1. The predicted molar refractivity (Wildman–Crippen MR) is 182 cm³/mol. The van der Waals surface area contributed by atoms with Crippen LogP contribution in [-0.4, -0.2) is 68.2 Å². The summed E-state index contributed by atoms with van der Waals surface area (Å²) in [7, 11) is -0.707.